The van der Waals surface area contributed by atoms with E-state index in [4.69, 9.17) is 46.7 Å². The number of methoxy groups -OCH3 is 1. The summed E-state index contributed by atoms with van der Waals surface area (Å²) >= 11 is 12.8. The highest BCUT2D eigenvalue weighted by Crippen LogP contribution is 2.43. The van der Waals surface area contributed by atoms with Crippen LogP contribution in [-0.2, 0) is 38.6 Å². The Hall–Kier alpha value is -5.25. The number of carbonyl (C=O) groups excluding carboxylic acids is 3. The molecule has 2 aromatic carbocycles. The summed E-state index contributed by atoms with van der Waals surface area (Å²) in [5.74, 6) is -1.45. The van der Waals surface area contributed by atoms with Crippen molar-refractivity contribution < 1.29 is 46.6 Å². The van der Waals surface area contributed by atoms with Gasteiger partial charge in [0.15, 0.2) is 12.4 Å². The molecule has 17 heteroatoms. The average molecular weight is 925 g/mol. The Labute approximate surface area is 381 Å². The molecular weight excluding hydrogens is 871 g/mol. The number of ether oxygens (including phenoxy) is 4. The number of hydrogen-bond acceptors (Lipinski definition) is 10. The number of piperazine rings is 1. The van der Waals surface area contributed by atoms with E-state index in [0.717, 1.165) is 48.9 Å². The molecule has 4 aromatic rings. The molecule has 2 fully saturated rings. The number of amides is 3. The highest BCUT2D eigenvalue weighted by atomic mass is 35.5. The van der Waals surface area contributed by atoms with Gasteiger partial charge in [-0.05, 0) is 120 Å². The third-order valence-corrected chi connectivity index (χ3v) is 11.7. The van der Waals surface area contributed by atoms with E-state index in [-0.39, 0.29) is 67.5 Å². The molecule has 2 bridgehead atoms. The number of carbonyl (C=O) groups is 3. The third kappa shape index (κ3) is 11.0. The van der Waals surface area contributed by atoms with Gasteiger partial charge in [-0.1, -0.05) is 40.5 Å². The van der Waals surface area contributed by atoms with Crippen molar-refractivity contribution in [2.75, 3.05) is 26.8 Å². The summed E-state index contributed by atoms with van der Waals surface area (Å²) in [7, 11) is 1.67. The normalized spacial score (nSPS) is 17.7. The van der Waals surface area contributed by atoms with E-state index in [9.17, 15) is 18.4 Å². The summed E-state index contributed by atoms with van der Waals surface area (Å²) in [5, 5.41) is 3.96. The molecule has 1 saturated carbocycles. The first-order valence-corrected chi connectivity index (χ1v) is 22.0. The number of benzene rings is 2. The molecule has 3 aliphatic rings. The van der Waals surface area contributed by atoms with E-state index in [1.807, 2.05) is 23.1 Å². The highest BCUT2D eigenvalue weighted by molar-refractivity contribution is 6.33. The summed E-state index contributed by atoms with van der Waals surface area (Å²) in [6.07, 6.45) is 3.81. The first-order valence-electron chi connectivity index (χ1n) is 21.3. The zero-order valence-corrected chi connectivity index (χ0v) is 38.5. The van der Waals surface area contributed by atoms with Gasteiger partial charge >= 0.3 is 12.2 Å². The molecule has 0 spiro atoms. The van der Waals surface area contributed by atoms with Gasteiger partial charge in [0, 0.05) is 68.3 Å². The van der Waals surface area contributed by atoms with Crippen molar-refractivity contribution in [3.63, 3.8) is 0 Å². The minimum atomic E-state index is -0.914. The van der Waals surface area contributed by atoms with Crippen molar-refractivity contribution in [1.82, 2.24) is 24.8 Å². The van der Waals surface area contributed by atoms with Crippen LogP contribution in [0.3, 0.4) is 0 Å². The van der Waals surface area contributed by atoms with Gasteiger partial charge in [-0.15, -0.1) is 0 Å². The first kappa shape index (κ1) is 46.7. The minimum absolute atomic E-state index is 0.00107. The number of rotatable bonds is 13. The van der Waals surface area contributed by atoms with E-state index < -0.39 is 52.1 Å². The van der Waals surface area contributed by atoms with Crippen LogP contribution >= 0.6 is 23.2 Å². The predicted molar refractivity (Wildman–Crippen MR) is 236 cm³/mol. The molecule has 7 rings (SSSR count). The predicted octanol–water partition coefficient (Wildman–Crippen LogP) is 10.1. The van der Waals surface area contributed by atoms with E-state index >= 15 is 4.79 Å². The van der Waals surface area contributed by atoms with Crippen LogP contribution in [0.15, 0.2) is 64.8 Å². The van der Waals surface area contributed by atoms with Crippen molar-refractivity contribution >= 4 is 46.9 Å². The number of hydrogen-bond donors (Lipinski definition) is 0. The van der Waals surface area contributed by atoms with Crippen molar-refractivity contribution in [2.45, 2.75) is 116 Å². The van der Waals surface area contributed by atoms with E-state index in [0.29, 0.717) is 28.3 Å². The molecule has 2 atom stereocenters. The second-order valence-electron chi connectivity index (χ2n) is 18.3. The molecule has 64 heavy (non-hydrogen) atoms. The fourth-order valence-electron chi connectivity index (χ4n) is 7.99. The molecule has 342 valence electrons. The average Bonchev–Trinajstić information content (AvgIpc) is 3.96. The topological polar surface area (TPSA) is 137 Å². The first-order chi connectivity index (χ1) is 30.3. The summed E-state index contributed by atoms with van der Waals surface area (Å²) in [6.45, 7) is 11.5. The number of aromatic nitrogens is 2. The molecule has 3 amide bonds. The molecule has 2 aliphatic heterocycles. The summed E-state index contributed by atoms with van der Waals surface area (Å²) < 4.78 is 57.0. The Bertz CT molecular complexity index is 2410. The van der Waals surface area contributed by atoms with Gasteiger partial charge in [0.25, 0.3) is 5.91 Å². The van der Waals surface area contributed by atoms with Crippen LogP contribution in [0.1, 0.15) is 89.7 Å². The van der Waals surface area contributed by atoms with Crippen molar-refractivity contribution in [3.8, 4) is 17.1 Å². The smallest absolute Gasteiger partial charge is 0.411 e. The molecule has 0 unspecified atom stereocenters. The molecule has 0 N–H and O–H groups in total. The second-order valence-corrected chi connectivity index (χ2v) is 19.1. The third-order valence-electron chi connectivity index (χ3n) is 11.0. The van der Waals surface area contributed by atoms with Crippen LogP contribution in [0.5, 0.6) is 5.88 Å². The van der Waals surface area contributed by atoms with Crippen LogP contribution < -0.4 is 4.74 Å². The lowest BCUT2D eigenvalue weighted by Gasteiger charge is -2.51. The van der Waals surface area contributed by atoms with Crippen LogP contribution in [-0.4, -0.2) is 99.1 Å². The fourth-order valence-corrected chi connectivity index (χ4v) is 8.41. The van der Waals surface area contributed by atoms with Crippen LogP contribution in [0.25, 0.3) is 16.8 Å². The maximum Gasteiger partial charge on any atom is 0.411 e. The zero-order chi connectivity index (χ0) is 46.1. The van der Waals surface area contributed by atoms with E-state index in [1.165, 1.54) is 6.07 Å². The highest BCUT2D eigenvalue weighted by Gasteiger charge is 2.51. The second kappa shape index (κ2) is 19.1. The molecule has 0 radical (unpaired) electrons. The van der Waals surface area contributed by atoms with E-state index in [1.54, 1.807) is 76.8 Å². The lowest BCUT2D eigenvalue weighted by molar-refractivity contribution is -0.129. The summed E-state index contributed by atoms with van der Waals surface area (Å²) in [5.41, 5.74) is 1.62. The van der Waals surface area contributed by atoms with Gasteiger partial charge < -0.3 is 33.3 Å². The Morgan fingerprint density at radius 3 is 2.31 bits per heavy atom. The maximum absolute atomic E-state index is 15.5. The monoisotopic (exact) mass is 923 g/mol. The lowest BCUT2D eigenvalue weighted by Crippen LogP contribution is -2.66. The quantitative estimate of drug-likeness (QED) is 0.0942. The Morgan fingerprint density at radius 2 is 1.64 bits per heavy atom. The molecule has 2 aromatic heterocycles. The van der Waals surface area contributed by atoms with Gasteiger partial charge in [0.1, 0.15) is 28.5 Å². The van der Waals surface area contributed by atoms with Crippen molar-refractivity contribution in [3.05, 3.63) is 104 Å². The lowest BCUT2D eigenvalue weighted by atomic mass is 9.81. The van der Waals surface area contributed by atoms with Gasteiger partial charge in [-0.3, -0.25) is 9.69 Å². The van der Waals surface area contributed by atoms with Crippen LogP contribution in [0.4, 0.5) is 18.4 Å². The van der Waals surface area contributed by atoms with Crippen molar-refractivity contribution in [2.24, 2.45) is 0 Å². The SMILES string of the molecule is COCCCc1ccc(Cl)c(CN(C(=O)C2=C(c3ccc(OCc4cc(-c5c(F)ccc(F)c5Cl)no4)nc3)C[C@@H]3CN(C(=O)OC(C)(C)C)C[C@H]2N3C(=O)OC(C)(C)C)C2CC2)c1. The molecular formula is C47H53Cl2F2N5O8. The van der Waals surface area contributed by atoms with Crippen LogP contribution in [0.2, 0.25) is 10.0 Å². The number of pyridine rings is 1. The maximum atomic E-state index is 15.5. The summed E-state index contributed by atoms with van der Waals surface area (Å²) in [6, 6.07) is 11.0. The standard InChI is InChI=1S/C47H53Cl2F2N5O8/c1-46(2,3)62-44(58)54-24-31-20-33(28-11-17-39(52-22-28)61-26-32-21-37(53-64-32)41-35(50)15-16-36(51)42(41)49)40(38(25-54)56(31)45(59)63-47(4,5)6)43(57)55(30-12-13-30)23-29-19-27(9-8-18-60-7)10-14-34(29)48/h10-11,14-17,19,21-22,30-31,38H,8-9,12-13,18,20,23-26H2,1-7H3/t31-,38-/m1/s1. The number of nitrogens with zero attached hydrogens (tertiary/aromatic N) is 5. The Balaban J connectivity index is 1.24. The molecule has 13 nitrogen and oxygen atoms in total. The number of aryl methyl sites for hydroxylation is 1. The van der Waals surface area contributed by atoms with Gasteiger partial charge in [-0.25, -0.2) is 23.4 Å². The van der Waals surface area contributed by atoms with Gasteiger partial charge in [-0.2, -0.15) is 0 Å². The Morgan fingerprint density at radius 1 is 0.922 bits per heavy atom. The Kier molecular flexibility index (Phi) is 13.9. The number of halogens is 4. The molecule has 1 aliphatic carbocycles. The molecule has 4 heterocycles. The van der Waals surface area contributed by atoms with Crippen LogP contribution in [0, 0.1) is 11.6 Å². The van der Waals surface area contributed by atoms with Gasteiger partial charge in [0.2, 0.25) is 5.88 Å². The number of fused-ring (bicyclic) bond motifs is 2. The minimum Gasteiger partial charge on any atom is -0.469 e. The van der Waals surface area contributed by atoms with Gasteiger partial charge in [0.05, 0.1) is 22.7 Å². The largest absolute Gasteiger partial charge is 0.469 e. The van der Waals surface area contributed by atoms with E-state index in [2.05, 4.69) is 10.1 Å². The zero-order valence-electron chi connectivity index (χ0n) is 37.0. The summed E-state index contributed by atoms with van der Waals surface area (Å²) in [4.78, 5) is 53.0. The molecule has 1 saturated heterocycles. The fraction of sp³-hybridized carbons (Fsp3) is 0.468. The van der Waals surface area contributed by atoms with Crippen molar-refractivity contribution in [1.29, 1.82) is 0 Å².